The van der Waals surface area contributed by atoms with Crippen molar-refractivity contribution in [3.63, 3.8) is 0 Å². The largest absolute Gasteiger partial charge is 0.450 e. The smallest absolute Gasteiger partial charge is 0.375 e. The van der Waals surface area contributed by atoms with Crippen LogP contribution in [0.2, 0.25) is 0 Å². The number of rotatable bonds is 8. The van der Waals surface area contributed by atoms with E-state index in [1.807, 2.05) is 19.1 Å². The van der Waals surface area contributed by atoms with E-state index < -0.39 is 18.5 Å². The Morgan fingerprint density at radius 3 is 2.52 bits per heavy atom. The van der Waals surface area contributed by atoms with E-state index in [-0.39, 0.29) is 18.2 Å². The van der Waals surface area contributed by atoms with Crippen molar-refractivity contribution in [2.75, 3.05) is 18.5 Å². The van der Waals surface area contributed by atoms with Gasteiger partial charge in [-0.25, -0.2) is 4.79 Å². The molecule has 7 heteroatoms. The summed E-state index contributed by atoms with van der Waals surface area (Å²) < 4.78 is 16.2. The summed E-state index contributed by atoms with van der Waals surface area (Å²) >= 11 is 0. The van der Waals surface area contributed by atoms with Gasteiger partial charge in [-0.2, -0.15) is 0 Å². The SMILES string of the molecule is CCOCc1c(C(=O)OCC(=O)Nc2ccccc2C(C)=O)oc2ccccc12. The lowest BCUT2D eigenvalue weighted by Crippen LogP contribution is -2.22. The number of ether oxygens (including phenoxy) is 2. The summed E-state index contributed by atoms with van der Waals surface area (Å²) in [5.41, 5.74) is 1.86. The Kier molecular flexibility index (Phi) is 6.41. The number of esters is 1. The number of amides is 1. The zero-order valence-corrected chi connectivity index (χ0v) is 16.2. The normalized spacial score (nSPS) is 10.7. The van der Waals surface area contributed by atoms with Crippen molar-refractivity contribution < 1.29 is 28.3 Å². The number of hydrogen-bond acceptors (Lipinski definition) is 6. The third-order valence-electron chi connectivity index (χ3n) is 4.25. The van der Waals surface area contributed by atoms with Crippen molar-refractivity contribution in [1.29, 1.82) is 0 Å². The second-order valence-corrected chi connectivity index (χ2v) is 6.27. The van der Waals surface area contributed by atoms with Gasteiger partial charge in [0.15, 0.2) is 12.4 Å². The van der Waals surface area contributed by atoms with Gasteiger partial charge in [-0.1, -0.05) is 30.3 Å². The van der Waals surface area contributed by atoms with E-state index in [4.69, 9.17) is 13.9 Å². The third kappa shape index (κ3) is 4.70. The monoisotopic (exact) mass is 395 g/mol. The molecule has 150 valence electrons. The lowest BCUT2D eigenvalue weighted by atomic mass is 10.1. The van der Waals surface area contributed by atoms with Gasteiger partial charge < -0.3 is 19.2 Å². The first kappa shape index (κ1) is 20.3. The van der Waals surface area contributed by atoms with Gasteiger partial charge in [0.05, 0.1) is 12.3 Å². The van der Waals surface area contributed by atoms with Gasteiger partial charge in [0.2, 0.25) is 5.76 Å². The van der Waals surface area contributed by atoms with Gasteiger partial charge >= 0.3 is 5.97 Å². The molecule has 0 spiro atoms. The van der Waals surface area contributed by atoms with Crippen LogP contribution in [0.5, 0.6) is 0 Å². The molecule has 0 aliphatic heterocycles. The van der Waals surface area contributed by atoms with Crippen molar-refractivity contribution in [3.8, 4) is 0 Å². The molecule has 2 aromatic carbocycles. The molecule has 1 heterocycles. The molecule has 0 unspecified atom stereocenters. The Bertz CT molecular complexity index is 1050. The first-order chi connectivity index (χ1) is 14.0. The first-order valence-electron chi connectivity index (χ1n) is 9.16. The van der Waals surface area contributed by atoms with Crippen LogP contribution in [0.4, 0.5) is 5.69 Å². The minimum Gasteiger partial charge on any atom is -0.450 e. The van der Waals surface area contributed by atoms with Crippen LogP contribution in [0.1, 0.15) is 40.3 Å². The van der Waals surface area contributed by atoms with Crippen LogP contribution in [-0.4, -0.2) is 30.9 Å². The lowest BCUT2D eigenvalue weighted by Gasteiger charge is -2.09. The maximum Gasteiger partial charge on any atom is 0.375 e. The quantitative estimate of drug-likeness (QED) is 0.458. The maximum atomic E-state index is 12.5. The molecule has 0 saturated carbocycles. The summed E-state index contributed by atoms with van der Waals surface area (Å²) in [7, 11) is 0. The number of anilines is 1. The van der Waals surface area contributed by atoms with E-state index in [9.17, 15) is 14.4 Å². The molecule has 1 amide bonds. The highest BCUT2D eigenvalue weighted by Crippen LogP contribution is 2.27. The molecule has 0 radical (unpaired) electrons. The van der Waals surface area contributed by atoms with Gasteiger partial charge in [0.25, 0.3) is 5.91 Å². The number of furan rings is 1. The Morgan fingerprint density at radius 2 is 1.76 bits per heavy atom. The standard InChI is InChI=1S/C22H21NO6/c1-3-27-12-17-16-9-5-7-11-19(16)29-21(17)22(26)28-13-20(25)23-18-10-6-4-8-15(18)14(2)24/h4-11H,3,12-13H2,1-2H3,(H,23,25). The van der Waals surface area contributed by atoms with E-state index in [0.29, 0.717) is 29.0 Å². The minimum absolute atomic E-state index is 0.0107. The fourth-order valence-corrected chi connectivity index (χ4v) is 2.89. The van der Waals surface area contributed by atoms with E-state index in [1.54, 1.807) is 36.4 Å². The van der Waals surface area contributed by atoms with Crippen molar-refractivity contribution in [2.24, 2.45) is 0 Å². The van der Waals surface area contributed by atoms with Crippen molar-refractivity contribution in [3.05, 3.63) is 65.4 Å². The van der Waals surface area contributed by atoms with Gasteiger partial charge in [0, 0.05) is 23.1 Å². The maximum absolute atomic E-state index is 12.5. The Balaban J connectivity index is 1.71. The number of ketones is 1. The zero-order valence-electron chi connectivity index (χ0n) is 16.2. The predicted molar refractivity (Wildman–Crippen MR) is 107 cm³/mol. The molecule has 0 atom stereocenters. The highest BCUT2D eigenvalue weighted by atomic mass is 16.5. The summed E-state index contributed by atoms with van der Waals surface area (Å²) in [6.07, 6.45) is 0. The Morgan fingerprint density at radius 1 is 1.03 bits per heavy atom. The fraction of sp³-hybridized carbons (Fsp3) is 0.227. The molecular weight excluding hydrogens is 374 g/mol. The van der Waals surface area contributed by atoms with Crippen LogP contribution in [-0.2, 0) is 20.9 Å². The van der Waals surface area contributed by atoms with Crippen LogP contribution in [0, 0.1) is 0 Å². The average molecular weight is 395 g/mol. The highest BCUT2D eigenvalue weighted by Gasteiger charge is 2.23. The number of para-hydroxylation sites is 2. The van der Waals surface area contributed by atoms with Gasteiger partial charge in [-0.15, -0.1) is 0 Å². The molecule has 1 N–H and O–H groups in total. The van der Waals surface area contributed by atoms with Crippen molar-refractivity contribution >= 4 is 34.3 Å². The molecule has 0 fully saturated rings. The summed E-state index contributed by atoms with van der Waals surface area (Å²) in [6.45, 7) is 3.41. The first-order valence-corrected chi connectivity index (χ1v) is 9.16. The van der Waals surface area contributed by atoms with E-state index in [1.165, 1.54) is 6.92 Å². The molecule has 3 aromatic rings. The second kappa shape index (κ2) is 9.16. The number of Topliss-reactive ketones (excluding diaryl/α,β-unsaturated/α-hetero) is 1. The molecule has 7 nitrogen and oxygen atoms in total. The van der Waals surface area contributed by atoms with Gasteiger partial charge in [-0.05, 0) is 32.0 Å². The zero-order chi connectivity index (χ0) is 20.8. The number of carbonyl (C=O) groups is 3. The average Bonchev–Trinajstić information content (AvgIpc) is 3.09. The van der Waals surface area contributed by atoms with E-state index >= 15 is 0 Å². The van der Waals surface area contributed by atoms with Crippen LogP contribution in [0.25, 0.3) is 11.0 Å². The van der Waals surface area contributed by atoms with Crippen LogP contribution >= 0.6 is 0 Å². The number of fused-ring (bicyclic) bond motifs is 1. The molecule has 0 aliphatic carbocycles. The lowest BCUT2D eigenvalue weighted by molar-refractivity contribution is -0.119. The molecule has 0 saturated heterocycles. The molecule has 29 heavy (non-hydrogen) atoms. The molecule has 1 aromatic heterocycles. The van der Waals surface area contributed by atoms with Gasteiger partial charge in [0.1, 0.15) is 5.58 Å². The summed E-state index contributed by atoms with van der Waals surface area (Å²) in [6, 6.07) is 13.8. The van der Waals surface area contributed by atoms with Crippen LogP contribution in [0.15, 0.2) is 52.9 Å². The summed E-state index contributed by atoms with van der Waals surface area (Å²) in [4.78, 5) is 36.4. The van der Waals surface area contributed by atoms with E-state index in [0.717, 1.165) is 5.39 Å². The number of hydrogen-bond donors (Lipinski definition) is 1. The summed E-state index contributed by atoms with van der Waals surface area (Å²) in [5.74, 6) is -1.49. The topological polar surface area (TPSA) is 94.8 Å². The molecule has 3 rings (SSSR count). The van der Waals surface area contributed by atoms with E-state index in [2.05, 4.69) is 5.32 Å². The van der Waals surface area contributed by atoms with Crippen LogP contribution in [0.3, 0.4) is 0 Å². The summed E-state index contributed by atoms with van der Waals surface area (Å²) in [5, 5.41) is 3.34. The van der Waals surface area contributed by atoms with Crippen LogP contribution < -0.4 is 5.32 Å². The third-order valence-corrected chi connectivity index (χ3v) is 4.25. The number of carbonyl (C=O) groups excluding carboxylic acids is 3. The molecule has 0 aliphatic rings. The van der Waals surface area contributed by atoms with Gasteiger partial charge in [-0.3, -0.25) is 9.59 Å². The van der Waals surface area contributed by atoms with Crippen molar-refractivity contribution in [2.45, 2.75) is 20.5 Å². The predicted octanol–water partition coefficient (Wildman–Crippen LogP) is 3.97. The second-order valence-electron chi connectivity index (χ2n) is 6.27. The number of nitrogens with one attached hydrogen (secondary N) is 1. The number of benzene rings is 2. The molecular formula is C22H21NO6. The Hall–Kier alpha value is -3.45. The highest BCUT2D eigenvalue weighted by molar-refractivity contribution is 6.04. The van der Waals surface area contributed by atoms with Crippen molar-refractivity contribution in [1.82, 2.24) is 0 Å². The fourth-order valence-electron chi connectivity index (χ4n) is 2.89. The molecule has 0 bridgehead atoms. The minimum atomic E-state index is -0.758. The Labute approximate surface area is 167 Å².